The zero-order chi connectivity index (χ0) is 27.0. The molecule has 204 valence electrons. The van der Waals surface area contributed by atoms with Crippen LogP contribution in [0.1, 0.15) is 79.2 Å². The molecule has 1 aromatic carbocycles. The monoisotopic (exact) mass is 524 g/mol. The first-order chi connectivity index (χ1) is 17.1. The molecule has 8 heteroatoms. The number of carbonyl (C=O) groups is 3. The molecule has 36 heavy (non-hydrogen) atoms. The Morgan fingerprint density at radius 2 is 1.58 bits per heavy atom. The van der Waals surface area contributed by atoms with Crippen LogP contribution in [0.2, 0.25) is 0 Å². The molecule has 0 aromatic heterocycles. The molecule has 0 aliphatic carbocycles. The molecule has 0 bridgehead atoms. The third kappa shape index (κ3) is 11.7. The highest BCUT2D eigenvalue weighted by atomic mass is 32.2. The zero-order valence-corrected chi connectivity index (χ0v) is 23.7. The lowest BCUT2D eigenvalue weighted by atomic mass is 9.76. The van der Waals surface area contributed by atoms with Gasteiger partial charge in [0.1, 0.15) is 5.75 Å². The van der Waals surface area contributed by atoms with Crippen LogP contribution in [0.25, 0.3) is 0 Å². The molecule has 0 heterocycles. The Balaban J connectivity index is 2.90. The number of carbonyl (C=O) groups excluding carboxylic acids is 3. The van der Waals surface area contributed by atoms with E-state index in [2.05, 4.69) is 20.8 Å². The van der Waals surface area contributed by atoms with Crippen molar-refractivity contribution in [3.05, 3.63) is 29.8 Å². The van der Waals surface area contributed by atoms with Crippen LogP contribution in [0.15, 0.2) is 24.3 Å². The van der Waals surface area contributed by atoms with Gasteiger partial charge in [-0.15, -0.1) is 11.8 Å². The van der Waals surface area contributed by atoms with Gasteiger partial charge in [0.25, 0.3) is 0 Å². The fourth-order valence-corrected chi connectivity index (χ4v) is 4.76. The van der Waals surface area contributed by atoms with E-state index in [1.165, 1.54) is 0 Å². The van der Waals surface area contributed by atoms with Crippen molar-refractivity contribution in [3.63, 3.8) is 0 Å². The molecule has 0 saturated heterocycles. The van der Waals surface area contributed by atoms with Crippen molar-refractivity contribution >= 4 is 29.7 Å². The van der Waals surface area contributed by atoms with E-state index < -0.39 is 11.4 Å². The standard InChI is InChI=1S/C28H44O7S/c1-7-10-17-34-26(31)28(6,16-12-15-27(4,5)21-36-20-25(30)33-9-3)22-13-11-14-23(18-22)35-19-24(29)32-8-2/h11,13-14,18H,7-10,12,15-17,19-21H2,1-6H3. The topological polar surface area (TPSA) is 88.1 Å². The van der Waals surface area contributed by atoms with Gasteiger partial charge in [-0.25, -0.2) is 4.79 Å². The van der Waals surface area contributed by atoms with Crippen molar-refractivity contribution in [2.24, 2.45) is 5.41 Å². The predicted molar refractivity (Wildman–Crippen MR) is 143 cm³/mol. The maximum atomic E-state index is 13.3. The second kappa shape index (κ2) is 16.5. The van der Waals surface area contributed by atoms with Crippen molar-refractivity contribution < 1.29 is 33.3 Å². The maximum Gasteiger partial charge on any atom is 0.344 e. The van der Waals surface area contributed by atoms with Crippen molar-refractivity contribution in [3.8, 4) is 5.75 Å². The summed E-state index contributed by atoms with van der Waals surface area (Å²) in [6.07, 6.45) is 4.05. The Morgan fingerprint density at radius 1 is 0.889 bits per heavy atom. The summed E-state index contributed by atoms with van der Waals surface area (Å²) in [6.45, 7) is 12.7. The molecule has 0 aliphatic rings. The number of thioether (sulfide) groups is 1. The Hall–Kier alpha value is -2.22. The van der Waals surface area contributed by atoms with E-state index in [1.807, 2.05) is 19.1 Å². The summed E-state index contributed by atoms with van der Waals surface area (Å²) in [4.78, 5) is 36.6. The predicted octanol–water partition coefficient (Wildman–Crippen LogP) is 5.72. The quantitative estimate of drug-likeness (QED) is 0.137. The SMILES string of the molecule is CCCCOC(=O)C(C)(CCCC(C)(C)CSCC(=O)OCC)c1cccc(OCC(=O)OCC)c1. The van der Waals surface area contributed by atoms with Gasteiger partial charge in [0.15, 0.2) is 6.61 Å². The lowest BCUT2D eigenvalue weighted by molar-refractivity contribution is -0.150. The van der Waals surface area contributed by atoms with Crippen molar-refractivity contribution in [2.45, 2.75) is 79.1 Å². The molecule has 0 aliphatic heterocycles. The summed E-state index contributed by atoms with van der Waals surface area (Å²) in [5.74, 6) is 0.785. The molecular weight excluding hydrogens is 480 g/mol. The van der Waals surface area contributed by atoms with Gasteiger partial charge in [-0.3, -0.25) is 9.59 Å². The third-order valence-electron chi connectivity index (χ3n) is 5.86. The Morgan fingerprint density at radius 3 is 2.25 bits per heavy atom. The van der Waals surface area contributed by atoms with Crippen LogP contribution in [0.5, 0.6) is 5.75 Å². The first kappa shape index (κ1) is 31.8. The van der Waals surface area contributed by atoms with Gasteiger partial charge < -0.3 is 18.9 Å². The Bertz CT molecular complexity index is 824. The third-order valence-corrected chi connectivity index (χ3v) is 7.29. The zero-order valence-electron chi connectivity index (χ0n) is 22.9. The lowest BCUT2D eigenvalue weighted by Crippen LogP contribution is -2.35. The van der Waals surface area contributed by atoms with E-state index in [0.717, 1.165) is 37.0 Å². The van der Waals surface area contributed by atoms with Crippen LogP contribution in [-0.4, -0.2) is 55.8 Å². The minimum Gasteiger partial charge on any atom is -0.482 e. The smallest absolute Gasteiger partial charge is 0.344 e. The normalized spacial score (nSPS) is 12.9. The van der Waals surface area contributed by atoms with Crippen molar-refractivity contribution in [2.75, 3.05) is 37.9 Å². The molecule has 1 unspecified atom stereocenters. The van der Waals surface area contributed by atoms with Crippen LogP contribution in [0.4, 0.5) is 0 Å². The van der Waals surface area contributed by atoms with E-state index in [-0.39, 0.29) is 24.0 Å². The molecule has 1 aromatic rings. The van der Waals surface area contributed by atoms with Crippen LogP contribution in [0, 0.1) is 5.41 Å². The molecular formula is C28H44O7S. The molecule has 0 fully saturated rings. The van der Waals surface area contributed by atoms with Gasteiger partial charge in [-0.1, -0.05) is 45.7 Å². The van der Waals surface area contributed by atoms with Gasteiger partial charge in [0, 0.05) is 0 Å². The average molecular weight is 525 g/mol. The molecule has 0 saturated carbocycles. The largest absolute Gasteiger partial charge is 0.482 e. The van der Waals surface area contributed by atoms with Gasteiger partial charge >= 0.3 is 17.9 Å². The van der Waals surface area contributed by atoms with E-state index in [0.29, 0.717) is 37.7 Å². The number of hydrogen-bond acceptors (Lipinski definition) is 8. The summed E-state index contributed by atoms with van der Waals surface area (Å²) < 4.78 is 21.2. The molecule has 7 nitrogen and oxygen atoms in total. The van der Waals surface area contributed by atoms with Gasteiger partial charge in [0.2, 0.25) is 0 Å². The van der Waals surface area contributed by atoms with E-state index in [9.17, 15) is 14.4 Å². The van der Waals surface area contributed by atoms with Gasteiger partial charge in [-0.05, 0) is 68.9 Å². The Kier molecular flexibility index (Phi) is 14.6. The molecule has 0 N–H and O–H groups in total. The fourth-order valence-electron chi connectivity index (χ4n) is 3.71. The van der Waals surface area contributed by atoms with Crippen molar-refractivity contribution in [1.82, 2.24) is 0 Å². The lowest BCUT2D eigenvalue weighted by Gasteiger charge is -2.31. The molecule has 0 radical (unpaired) electrons. The first-order valence-corrected chi connectivity index (χ1v) is 14.0. The summed E-state index contributed by atoms with van der Waals surface area (Å²) >= 11 is 1.58. The molecule has 1 rings (SSSR count). The number of unbranched alkanes of at least 4 members (excludes halogenated alkanes) is 1. The number of hydrogen-bond donors (Lipinski definition) is 0. The highest BCUT2D eigenvalue weighted by Gasteiger charge is 2.37. The van der Waals surface area contributed by atoms with E-state index >= 15 is 0 Å². The number of ether oxygens (including phenoxy) is 4. The minimum absolute atomic E-state index is 0.00517. The van der Waals surface area contributed by atoms with Gasteiger partial charge in [-0.2, -0.15) is 0 Å². The summed E-state index contributed by atoms with van der Waals surface area (Å²) in [6, 6.07) is 7.29. The van der Waals surface area contributed by atoms with E-state index in [1.54, 1.807) is 37.7 Å². The number of esters is 3. The maximum absolute atomic E-state index is 13.3. The second-order valence-electron chi connectivity index (χ2n) is 9.76. The van der Waals surface area contributed by atoms with E-state index in [4.69, 9.17) is 18.9 Å². The summed E-state index contributed by atoms with van der Waals surface area (Å²) in [5.41, 5.74) is -0.0696. The molecule has 1 atom stereocenters. The highest BCUT2D eigenvalue weighted by molar-refractivity contribution is 7.99. The summed E-state index contributed by atoms with van der Waals surface area (Å²) in [5, 5.41) is 0. The number of rotatable bonds is 18. The Labute approximate surface area is 221 Å². The average Bonchev–Trinajstić information content (AvgIpc) is 2.83. The minimum atomic E-state index is -0.856. The molecule has 0 amide bonds. The van der Waals surface area contributed by atoms with Gasteiger partial charge in [0.05, 0.1) is 31.0 Å². The van der Waals surface area contributed by atoms with Crippen LogP contribution >= 0.6 is 11.8 Å². The fraction of sp³-hybridized carbons (Fsp3) is 0.679. The van der Waals surface area contributed by atoms with Crippen LogP contribution in [0.3, 0.4) is 0 Å². The highest BCUT2D eigenvalue weighted by Crippen LogP contribution is 2.36. The number of benzene rings is 1. The van der Waals surface area contributed by atoms with Crippen LogP contribution in [-0.2, 0) is 34.0 Å². The first-order valence-electron chi connectivity index (χ1n) is 12.9. The van der Waals surface area contributed by atoms with Crippen LogP contribution < -0.4 is 4.74 Å². The summed E-state index contributed by atoms with van der Waals surface area (Å²) in [7, 11) is 0. The second-order valence-corrected chi connectivity index (χ2v) is 10.7. The van der Waals surface area contributed by atoms with Crippen molar-refractivity contribution in [1.29, 1.82) is 0 Å². The molecule has 0 spiro atoms.